The van der Waals surface area contributed by atoms with Gasteiger partial charge < -0.3 is 5.32 Å². The van der Waals surface area contributed by atoms with Crippen LogP contribution in [0.4, 0.5) is 8.78 Å². The molecule has 1 fully saturated rings. The third-order valence-corrected chi connectivity index (χ3v) is 3.93. The van der Waals surface area contributed by atoms with E-state index >= 15 is 0 Å². The van der Waals surface area contributed by atoms with Crippen molar-refractivity contribution < 1.29 is 13.6 Å². The number of hydrogen-bond donors (Lipinski definition) is 1. The van der Waals surface area contributed by atoms with Crippen LogP contribution in [0.2, 0.25) is 0 Å². The number of carbonyl (C=O) groups excluding carboxylic acids is 1. The minimum atomic E-state index is -0.635. The van der Waals surface area contributed by atoms with Crippen LogP contribution < -0.4 is 5.32 Å². The largest absolute Gasteiger partial charge is 0.312 e. The van der Waals surface area contributed by atoms with Crippen LogP contribution >= 0.6 is 11.8 Å². The third kappa shape index (κ3) is 4.07. The number of benzene rings is 1. The van der Waals surface area contributed by atoms with E-state index in [4.69, 9.17) is 0 Å². The van der Waals surface area contributed by atoms with Gasteiger partial charge in [-0.15, -0.1) is 0 Å². The van der Waals surface area contributed by atoms with E-state index in [2.05, 4.69) is 5.32 Å². The Morgan fingerprint density at radius 2 is 2.06 bits per heavy atom. The van der Waals surface area contributed by atoms with Gasteiger partial charge in [-0.1, -0.05) is 0 Å². The molecule has 1 atom stereocenters. The number of rotatable bonds is 4. The van der Waals surface area contributed by atoms with Crippen molar-refractivity contribution in [3.63, 3.8) is 0 Å². The first-order chi connectivity index (χ1) is 8.63. The number of halogens is 2. The van der Waals surface area contributed by atoms with Crippen molar-refractivity contribution in [2.45, 2.75) is 18.9 Å². The van der Waals surface area contributed by atoms with Crippen LogP contribution in [-0.2, 0) is 11.2 Å². The van der Waals surface area contributed by atoms with Gasteiger partial charge in [0, 0.05) is 43.0 Å². The fraction of sp³-hybridized carbons (Fsp3) is 0.462. The van der Waals surface area contributed by atoms with Crippen molar-refractivity contribution >= 4 is 17.5 Å². The van der Waals surface area contributed by atoms with Crippen molar-refractivity contribution in [1.82, 2.24) is 5.32 Å². The van der Waals surface area contributed by atoms with Gasteiger partial charge in [0.1, 0.15) is 17.4 Å². The molecule has 0 spiro atoms. The molecule has 0 amide bonds. The molecule has 18 heavy (non-hydrogen) atoms. The first kappa shape index (κ1) is 13.5. The highest BCUT2D eigenvalue weighted by molar-refractivity contribution is 7.99. The predicted octanol–water partition coefficient (Wildman–Crippen LogP) is 2.17. The summed E-state index contributed by atoms with van der Waals surface area (Å²) < 4.78 is 25.9. The summed E-state index contributed by atoms with van der Waals surface area (Å²) in [5.74, 6) is 0.733. The zero-order valence-electron chi connectivity index (χ0n) is 9.92. The summed E-state index contributed by atoms with van der Waals surface area (Å²) in [6.45, 7) is 0.914. The molecule has 1 unspecified atom stereocenters. The fourth-order valence-corrected chi connectivity index (χ4v) is 2.99. The lowest BCUT2D eigenvalue weighted by molar-refractivity contribution is -0.118. The van der Waals surface area contributed by atoms with Crippen LogP contribution in [0.25, 0.3) is 0 Å². The molecule has 5 heteroatoms. The van der Waals surface area contributed by atoms with E-state index in [1.807, 2.05) is 11.8 Å². The first-order valence-corrected chi connectivity index (χ1v) is 7.07. The summed E-state index contributed by atoms with van der Waals surface area (Å²) >= 11 is 1.82. The topological polar surface area (TPSA) is 29.1 Å². The maximum atomic E-state index is 13.0. The van der Waals surface area contributed by atoms with Crippen LogP contribution in [-0.4, -0.2) is 29.9 Å². The molecule has 0 saturated carbocycles. The normalized spacial score (nSPS) is 19.8. The van der Waals surface area contributed by atoms with E-state index in [9.17, 15) is 13.6 Å². The quantitative estimate of drug-likeness (QED) is 0.910. The monoisotopic (exact) mass is 271 g/mol. The van der Waals surface area contributed by atoms with Crippen molar-refractivity contribution in [3.8, 4) is 0 Å². The van der Waals surface area contributed by atoms with E-state index in [1.54, 1.807) is 0 Å². The molecule has 0 radical (unpaired) electrons. The second-order valence-electron chi connectivity index (χ2n) is 4.42. The molecular formula is C13H15F2NOS. The van der Waals surface area contributed by atoms with Gasteiger partial charge in [-0.2, -0.15) is 11.8 Å². The number of nitrogens with one attached hydrogen (secondary N) is 1. The van der Waals surface area contributed by atoms with Crippen molar-refractivity contribution in [1.29, 1.82) is 0 Å². The van der Waals surface area contributed by atoms with Gasteiger partial charge in [0.2, 0.25) is 0 Å². The number of thioether (sulfide) groups is 1. The van der Waals surface area contributed by atoms with Gasteiger partial charge in [-0.3, -0.25) is 4.79 Å². The molecule has 0 bridgehead atoms. The summed E-state index contributed by atoms with van der Waals surface area (Å²) in [5, 5.41) is 3.27. The van der Waals surface area contributed by atoms with Crippen molar-refractivity contribution in [3.05, 3.63) is 35.4 Å². The predicted molar refractivity (Wildman–Crippen MR) is 68.8 cm³/mol. The smallest absolute Gasteiger partial charge is 0.138 e. The summed E-state index contributed by atoms with van der Waals surface area (Å²) in [5.41, 5.74) is 0.404. The van der Waals surface area contributed by atoms with Crippen molar-refractivity contribution in [2.24, 2.45) is 0 Å². The SMILES string of the molecule is O=C(Cc1cc(F)cc(F)c1)CC1CSCCN1. The Morgan fingerprint density at radius 3 is 2.67 bits per heavy atom. The number of Topliss-reactive ketones (excluding diaryl/α,β-unsaturated/α-hetero) is 1. The highest BCUT2D eigenvalue weighted by atomic mass is 32.2. The number of hydrogen-bond acceptors (Lipinski definition) is 3. The second-order valence-corrected chi connectivity index (χ2v) is 5.57. The van der Waals surface area contributed by atoms with E-state index in [1.165, 1.54) is 12.1 Å². The third-order valence-electron chi connectivity index (χ3n) is 2.80. The zero-order chi connectivity index (χ0) is 13.0. The summed E-state index contributed by atoms with van der Waals surface area (Å²) in [7, 11) is 0. The highest BCUT2D eigenvalue weighted by Gasteiger charge is 2.17. The molecule has 1 aromatic rings. The van der Waals surface area contributed by atoms with Gasteiger partial charge in [0.25, 0.3) is 0 Å². The molecule has 1 aliphatic rings. The molecule has 98 valence electrons. The molecule has 1 saturated heterocycles. The lowest BCUT2D eigenvalue weighted by atomic mass is 10.0. The van der Waals surface area contributed by atoms with Gasteiger partial charge in [-0.05, 0) is 17.7 Å². The number of ketones is 1. The Bertz CT molecular complexity index is 413. The van der Waals surface area contributed by atoms with Crippen LogP contribution in [0.1, 0.15) is 12.0 Å². The second kappa shape index (κ2) is 6.29. The zero-order valence-corrected chi connectivity index (χ0v) is 10.7. The summed E-state index contributed by atoms with van der Waals surface area (Å²) in [6, 6.07) is 3.43. The molecular weight excluding hydrogens is 256 g/mol. The van der Waals surface area contributed by atoms with Crippen LogP contribution in [0, 0.1) is 11.6 Å². The van der Waals surface area contributed by atoms with E-state index in [0.29, 0.717) is 12.0 Å². The Hall–Kier alpha value is -0.940. The van der Waals surface area contributed by atoms with E-state index in [-0.39, 0.29) is 18.2 Å². The molecule has 0 aromatic heterocycles. The number of carbonyl (C=O) groups is 1. The van der Waals surface area contributed by atoms with Crippen molar-refractivity contribution in [2.75, 3.05) is 18.1 Å². The maximum absolute atomic E-state index is 13.0. The molecule has 1 aliphatic heterocycles. The fourth-order valence-electron chi connectivity index (χ4n) is 2.04. The van der Waals surface area contributed by atoms with Gasteiger partial charge >= 0.3 is 0 Å². The molecule has 0 aliphatic carbocycles. The Balaban J connectivity index is 1.89. The average molecular weight is 271 g/mol. The summed E-state index contributed by atoms with van der Waals surface area (Å²) in [4.78, 5) is 11.8. The molecule has 2 nitrogen and oxygen atoms in total. The Labute approximate surface area is 109 Å². The van der Waals surface area contributed by atoms with Crippen LogP contribution in [0.3, 0.4) is 0 Å². The minimum absolute atomic E-state index is 0.0139. The molecule has 2 rings (SSSR count). The lowest BCUT2D eigenvalue weighted by Gasteiger charge is -2.22. The average Bonchev–Trinajstić information content (AvgIpc) is 2.28. The molecule has 1 aromatic carbocycles. The standard InChI is InChI=1S/C13H15F2NOS/c14-10-3-9(4-11(15)6-10)5-13(17)7-12-8-18-2-1-16-12/h3-4,6,12,16H,1-2,5,7-8H2. The van der Waals surface area contributed by atoms with Gasteiger partial charge in [-0.25, -0.2) is 8.78 Å². The van der Waals surface area contributed by atoms with Crippen LogP contribution in [0.5, 0.6) is 0 Å². The van der Waals surface area contributed by atoms with Gasteiger partial charge in [0.05, 0.1) is 0 Å². The lowest BCUT2D eigenvalue weighted by Crippen LogP contribution is -2.39. The molecule has 1 heterocycles. The van der Waals surface area contributed by atoms with E-state index < -0.39 is 11.6 Å². The maximum Gasteiger partial charge on any atom is 0.138 e. The molecule has 1 N–H and O–H groups in total. The Kier molecular flexibility index (Phi) is 4.72. The van der Waals surface area contributed by atoms with E-state index in [0.717, 1.165) is 24.1 Å². The highest BCUT2D eigenvalue weighted by Crippen LogP contribution is 2.13. The van der Waals surface area contributed by atoms with Gasteiger partial charge in [0.15, 0.2) is 0 Å². The van der Waals surface area contributed by atoms with Crippen LogP contribution in [0.15, 0.2) is 18.2 Å². The minimum Gasteiger partial charge on any atom is -0.312 e. The summed E-state index contributed by atoms with van der Waals surface area (Å²) in [6.07, 6.45) is 0.517. The first-order valence-electron chi connectivity index (χ1n) is 5.91. The Morgan fingerprint density at radius 1 is 1.33 bits per heavy atom.